The van der Waals surface area contributed by atoms with Crippen LogP contribution in [0.2, 0.25) is 0 Å². The van der Waals surface area contributed by atoms with Gasteiger partial charge in [0.1, 0.15) is 0 Å². The molecule has 0 saturated carbocycles. The van der Waals surface area contributed by atoms with Crippen molar-refractivity contribution in [2.24, 2.45) is 5.73 Å². The molecule has 2 unspecified atom stereocenters. The van der Waals surface area contributed by atoms with Gasteiger partial charge in [0, 0.05) is 11.3 Å². The monoisotopic (exact) mass is 185 g/mol. The third-order valence-electron chi connectivity index (χ3n) is 2.28. The molecule has 2 atom stereocenters. The Balaban J connectivity index is 2.29. The van der Waals surface area contributed by atoms with Crippen LogP contribution in [0.25, 0.3) is 0 Å². The van der Waals surface area contributed by atoms with E-state index in [1.54, 1.807) is 0 Å². The van der Waals surface area contributed by atoms with E-state index in [1.165, 1.54) is 30.6 Å². The Kier molecular flexibility index (Phi) is 4.16. The van der Waals surface area contributed by atoms with Gasteiger partial charge in [-0.1, -0.05) is 12.0 Å². The quantitative estimate of drug-likeness (QED) is 0.684. The maximum absolute atomic E-state index is 6.07. The summed E-state index contributed by atoms with van der Waals surface area (Å²) in [5.74, 6) is 1.30. The molecule has 0 bridgehead atoms. The molecule has 1 nitrogen and oxygen atoms in total. The van der Waals surface area contributed by atoms with Crippen LogP contribution in [-0.2, 0) is 0 Å². The molecule has 1 saturated heterocycles. The van der Waals surface area contributed by atoms with Crippen LogP contribution in [-0.4, -0.2) is 17.0 Å². The van der Waals surface area contributed by atoms with E-state index in [0.717, 1.165) is 6.42 Å². The average Bonchev–Trinajstić information content (AvgIpc) is 2.05. The van der Waals surface area contributed by atoms with Gasteiger partial charge in [0.25, 0.3) is 0 Å². The lowest BCUT2D eigenvalue weighted by Gasteiger charge is -2.27. The molecule has 0 amide bonds. The normalized spacial score (nSPS) is 26.7. The number of thioether (sulfide) groups is 1. The topological polar surface area (TPSA) is 26.0 Å². The fourth-order valence-electron chi connectivity index (χ4n) is 1.64. The number of hydrogen-bond acceptors (Lipinski definition) is 2. The first-order chi connectivity index (χ1) is 5.70. The van der Waals surface area contributed by atoms with Crippen LogP contribution in [0.5, 0.6) is 0 Å². The smallest absolute Gasteiger partial charge is 0.0202 e. The lowest BCUT2D eigenvalue weighted by Crippen LogP contribution is -2.34. The third kappa shape index (κ3) is 3.20. The molecule has 0 aromatic rings. The zero-order chi connectivity index (χ0) is 8.97. The first kappa shape index (κ1) is 10.1. The van der Waals surface area contributed by atoms with Crippen LogP contribution in [0, 0.1) is 0 Å². The van der Waals surface area contributed by atoms with E-state index in [4.69, 9.17) is 5.73 Å². The van der Waals surface area contributed by atoms with Gasteiger partial charge in [0.05, 0.1) is 0 Å². The predicted octanol–water partition coefficient (Wildman–Crippen LogP) is 2.57. The maximum Gasteiger partial charge on any atom is 0.0202 e. The Hall–Kier alpha value is 0.0500. The molecular weight excluding hydrogens is 166 g/mol. The molecule has 12 heavy (non-hydrogen) atoms. The predicted molar refractivity (Wildman–Crippen MR) is 57.5 cm³/mol. The highest BCUT2D eigenvalue weighted by molar-refractivity contribution is 8.00. The van der Waals surface area contributed by atoms with E-state index >= 15 is 0 Å². The SMILES string of the molecule is C=C(C)CC(N)C1CCCCS1. The van der Waals surface area contributed by atoms with Crippen LogP contribution in [0.1, 0.15) is 32.6 Å². The van der Waals surface area contributed by atoms with Crippen molar-refractivity contribution in [1.29, 1.82) is 0 Å². The van der Waals surface area contributed by atoms with Gasteiger partial charge in [0.2, 0.25) is 0 Å². The van der Waals surface area contributed by atoms with E-state index < -0.39 is 0 Å². The summed E-state index contributed by atoms with van der Waals surface area (Å²) in [6.07, 6.45) is 5.04. The van der Waals surface area contributed by atoms with Crippen molar-refractivity contribution in [1.82, 2.24) is 0 Å². The summed E-state index contributed by atoms with van der Waals surface area (Å²) in [6.45, 7) is 5.96. The fraction of sp³-hybridized carbons (Fsp3) is 0.800. The molecule has 0 aliphatic carbocycles. The van der Waals surface area contributed by atoms with E-state index in [2.05, 4.69) is 13.5 Å². The van der Waals surface area contributed by atoms with Crippen LogP contribution < -0.4 is 5.73 Å². The minimum absolute atomic E-state index is 0.341. The standard InChI is InChI=1S/C10H19NS/c1-8(2)7-9(11)10-5-3-4-6-12-10/h9-10H,1,3-7,11H2,2H3. The molecule has 2 heteroatoms. The van der Waals surface area contributed by atoms with Crippen molar-refractivity contribution in [3.05, 3.63) is 12.2 Å². The Bertz CT molecular complexity index is 150. The molecular formula is C10H19NS. The van der Waals surface area contributed by atoms with E-state index in [0.29, 0.717) is 11.3 Å². The minimum atomic E-state index is 0.341. The first-order valence-corrected chi connectivity index (χ1v) is 5.76. The Labute approximate surface area is 79.8 Å². The molecule has 0 aromatic carbocycles. The third-order valence-corrected chi connectivity index (χ3v) is 3.81. The number of nitrogens with two attached hydrogens (primary N) is 1. The van der Waals surface area contributed by atoms with Crippen LogP contribution >= 0.6 is 11.8 Å². The van der Waals surface area contributed by atoms with Gasteiger partial charge in [-0.15, -0.1) is 6.58 Å². The summed E-state index contributed by atoms with van der Waals surface area (Å²) in [4.78, 5) is 0. The second-order valence-electron chi connectivity index (χ2n) is 3.73. The second kappa shape index (κ2) is 4.93. The van der Waals surface area contributed by atoms with Gasteiger partial charge in [-0.05, 0) is 31.9 Å². The highest BCUT2D eigenvalue weighted by Crippen LogP contribution is 2.28. The van der Waals surface area contributed by atoms with Gasteiger partial charge in [-0.3, -0.25) is 0 Å². The first-order valence-electron chi connectivity index (χ1n) is 4.71. The summed E-state index contributed by atoms with van der Waals surface area (Å²) in [6, 6.07) is 0.341. The highest BCUT2D eigenvalue weighted by atomic mass is 32.2. The van der Waals surface area contributed by atoms with Crippen molar-refractivity contribution >= 4 is 11.8 Å². The van der Waals surface area contributed by atoms with Crippen molar-refractivity contribution in [2.45, 2.75) is 43.9 Å². The number of rotatable bonds is 3. The molecule has 0 radical (unpaired) electrons. The van der Waals surface area contributed by atoms with Gasteiger partial charge in [-0.25, -0.2) is 0 Å². The summed E-state index contributed by atoms with van der Waals surface area (Å²) in [5.41, 5.74) is 7.28. The van der Waals surface area contributed by atoms with Crippen LogP contribution in [0.4, 0.5) is 0 Å². The summed E-state index contributed by atoms with van der Waals surface area (Å²) in [5, 5.41) is 0.690. The Morgan fingerprint density at radius 1 is 1.67 bits per heavy atom. The van der Waals surface area contributed by atoms with Crippen molar-refractivity contribution in [3.63, 3.8) is 0 Å². The van der Waals surface area contributed by atoms with Crippen LogP contribution in [0.15, 0.2) is 12.2 Å². The van der Waals surface area contributed by atoms with E-state index in [1.807, 2.05) is 11.8 Å². The molecule has 70 valence electrons. The molecule has 1 heterocycles. The van der Waals surface area contributed by atoms with E-state index in [9.17, 15) is 0 Å². The zero-order valence-electron chi connectivity index (χ0n) is 7.88. The van der Waals surface area contributed by atoms with Crippen molar-refractivity contribution in [3.8, 4) is 0 Å². The maximum atomic E-state index is 6.07. The van der Waals surface area contributed by atoms with Crippen molar-refractivity contribution < 1.29 is 0 Å². The minimum Gasteiger partial charge on any atom is -0.326 e. The summed E-state index contributed by atoms with van der Waals surface area (Å²) < 4.78 is 0. The van der Waals surface area contributed by atoms with Crippen molar-refractivity contribution in [2.75, 3.05) is 5.75 Å². The lowest BCUT2D eigenvalue weighted by atomic mass is 10.0. The lowest BCUT2D eigenvalue weighted by molar-refractivity contribution is 0.558. The summed E-state index contributed by atoms with van der Waals surface area (Å²) in [7, 11) is 0. The molecule has 0 spiro atoms. The average molecular weight is 185 g/mol. The highest BCUT2D eigenvalue weighted by Gasteiger charge is 2.20. The molecule has 1 aliphatic rings. The molecule has 1 fully saturated rings. The molecule has 1 rings (SSSR count). The number of hydrogen-bond donors (Lipinski definition) is 1. The largest absolute Gasteiger partial charge is 0.326 e. The summed E-state index contributed by atoms with van der Waals surface area (Å²) >= 11 is 2.05. The van der Waals surface area contributed by atoms with Gasteiger partial charge >= 0.3 is 0 Å². The molecule has 2 N–H and O–H groups in total. The van der Waals surface area contributed by atoms with Gasteiger partial charge < -0.3 is 5.73 Å². The van der Waals surface area contributed by atoms with Gasteiger partial charge in [0.15, 0.2) is 0 Å². The van der Waals surface area contributed by atoms with Gasteiger partial charge in [-0.2, -0.15) is 11.8 Å². The molecule has 0 aromatic heterocycles. The molecule has 1 aliphatic heterocycles. The fourth-order valence-corrected chi connectivity index (χ4v) is 2.99. The zero-order valence-corrected chi connectivity index (χ0v) is 8.70. The Morgan fingerprint density at radius 2 is 2.42 bits per heavy atom. The Morgan fingerprint density at radius 3 is 2.92 bits per heavy atom. The van der Waals surface area contributed by atoms with E-state index in [-0.39, 0.29) is 0 Å². The van der Waals surface area contributed by atoms with Crippen LogP contribution in [0.3, 0.4) is 0 Å². The second-order valence-corrected chi connectivity index (χ2v) is 5.08.